The first kappa shape index (κ1) is 14.4. The van der Waals surface area contributed by atoms with E-state index in [1.165, 1.54) is 5.56 Å². The van der Waals surface area contributed by atoms with Crippen LogP contribution in [0.3, 0.4) is 0 Å². The van der Waals surface area contributed by atoms with E-state index in [9.17, 15) is 0 Å². The van der Waals surface area contributed by atoms with Crippen molar-refractivity contribution in [1.82, 2.24) is 5.32 Å². The number of rotatable bonds is 6. The number of hydrogen-bond acceptors (Lipinski definition) is 3. The summed E-state index contributed by atoms with van der Waals surface area (Å²) < 4.78 is 11.8. The minimum absolute atomic E-state index is 0.235. The number of hydrogen-bond donors (Lipinski definition) is 1. The van der Waals surface area contributed by atoms with Crippen molar-refractivity contribution in [3.05, 3.63) is 29.8 Å². The average molecular weight is 263 g/mol. The zero-order valence-electron chi connectivity index (χ0n) is 12.2. The zero-order valence-corrected chi connectivity index (χ0v) is 12.2. The summed E-state index contributed by atoms with van der Waals surface area (Å²) in [6.07, 6.45) is 2.80. The molecule has 2 rings (SSSR count). The monoisotopic (exact) mass is 263 g/mol. The fourth-order valence-corrected chi connectivity index (χ4v) is 2.32. The van der Waals surface area contributed by atoms with Gasteiger partial charge in [0.1, 0.15) is 12.4 Å². The van der Waals surface area contributed by atoms with E-state index in [1.807, 2.05) is 18.2 Å². The maximum atomic E-state index is 5.99. The SMILES string of the molecule is Cc1ccccc1OCC1CCC(CNC(C)C)O1. The molecule has 1 fully saturated rings. The van der Waals surface area contributed by atoms with Gasteiger partial charge in [0.2, 0.25) is 0 Å². The molecule has 2 atom stereocenters. The summed E-state index contributed by atoms with van der Waals surface area (Å²) in [6, 6.07) is 8.64. The lowest BCUT2D eigenvalue weighted by atomic mass is 10.2. The smallest absolute Gasteiger partial charge is 0.122 e. The molecule has 1 aromatic rings. The second-order valence-corrected chi connectivity index (χ2v) is 5.60. The summed E-state index contributed by atoms with van der Waals surface area (Å²) >= 11 is 0. The highest BCUT2D eigenvalue weighted by Gasteiger charge is 2.25. The molecule has 0 aromatic heterocycles. The zero-order chi connectivity index (χ0) is 13.7. The molecule has 0 spiro atoms. The van der Waals surface area contributed by atoms with Crippen molar-refractivity contribution in [3.63, 3.8) is 0 Å². The van der Waals surface area contributed by atoms with E-state index in [-0.39, 0.29) is 6.10 Å². The summed E-state index contributed by atoms with van der Waals surface area (Å²) in [6.45, 7) is 7.99. The van der Waals surface area contributed by atoms with Gasteiger partial charge in [-0.3, -0.25) is 0 Å². The van der Waals surface area contributed by atoms with Crippen LogP contribution in [-0.4, -0.2) is 31.4 Å². The molecule has 0 bridgehead atoms. The molecule has 106 valence electrons. The minimum atomic E-state index is 0.235. The van der Waals surface area contributed by atoms with Crippen molar-refractivity contribution in [1.29, 1.82) is 0 Å². The van der Waals surface area contributed by atoms with E-state index in [0.717, 1.165) is 25.1 Å². The molecule has 0 amide bonds. The van der Waals surface area contributed by atoms with Gasteiger partial charge >= 0.3 is 0 Å². The first-order chi connectivity index (χ1) is 9.15. The van der Waals surface area contributed by atoms with Gasteiger partial charge < -0.3 is 14.8 Å². The molecular weight excluding hydrogens is 238 g/mol. The molecule has 0 saturated carbocycles. The molecule has 0 radical (unpaired) electrons. The lowest BCUT2D eigenvalue weighted by molar-refractivity contribution is 0.0177. The van der Waals surface area contributed by atoms with Gasteiger partial charge in [-0.2, -0.15) is 0 Å². The van der Waals surface area contributed by atoms with Crippen LogP contribution < -0.4 is 10.1 Å². The Hall–Kier alpha value is -1.06. The van der Waals surface area contributed by atoms with Crippen LogP contribution in [0.25, 0.3) is 0 Å². The third-order valence-corrected chi connectivity index (χ3v) is 3.47. The highest BCUT2D eigenvalue weighted by molar-refractivity contribution is 5.31. The van der Waals surface area contributed by atoms with Gasteiger partial charge in [0.25, 0.3) is 0 Å². The molecule has 1 N–H and O–H groups in total. The maximum Gasteiger partial charge on any atom is 0.122 e. The molecule has 1 heterocycles. The molecule has 0 aliphatic carbocycles. The summed E-state index contributed by atoms with van der Waals surface area (Å²) in [5.41, 5.74) is 1.18. The third-order valence-electron chi connectivity index (χ3n) is 3.47. The van der Waals surface area contributed by atoms with Crippen LogP contribution in [0.15, 0.2) is 24.3 Å². The van der Waals surface area contributed by atoms with Gasteiger partial charge in [-0.1, -0.05) is 32.0 Å². The van der Waals surface area contributed by atoms with E-state index in [0.29, 0.717) is 18.8 Å². The quantitative estimate of drug-likeness (QED) is 0.856. The average Bonchev–Trinajstić information content (AvgIpc) is 2.83. The van der Waals surface area contributed by atoms with Crippen molar-refractivity contribution in [3.8, 4) is 5.75 Å². The fraction of sp³-hybridized carbons (Fsp3) is 0.625. The maximum absolute atomic E-state index is 5.99. The molecule has 1 aliphatic heterocycles. The Kier molecular flexibility index (Phi) is 5.23. The Morgan fingerprint density at radius 3 is 2.74 bits per heavy atom. The fourth-order valence-electron chi connectivity index (χ4n) is 2.32. The van der Waals surface area contributed by atoms with Crippen molar-refractivity contribution < 1.29 is 9.47 Å². The first-order valence-corrected chi connectivity index (χ1v) is 7.22. The van der Waals surface area contributed by atoms with Crippen LogP contribution >= 0.6 is 0 Å². The molecule has 1 aliphatic rings. The largest absolute Gasteiger partial charge is 0.491 e. The molecular formula is C16H25NO2. The van der Waals surface area contributed by atoms with E-state index in [2.05, 4.69) is 32.2 Å². The predicted octanol–water partition coefficient (Wildman–Crippen LogP) is 2.92. The van der Waals surface area contributed by atoms with Crippen molar-refractivity contribution in [2.75, 3.05) is 13.2 Å². The first-order valence-electron chi connectivity index (χ1n) is 7.22. The number of nitrogens with one attached hydrogen (secondary N) is 1. The van der Waals surface area contributed by atoms with E-state index >= 15 is 0 Å². The topological polar surface area (TPSA) is 30.5 Å². The van der Waals surface area contributed by atoms with Crippen molar-refractivity contribution in [2.45, 2.75) is 51.9 Å². The van der Waals surface area contributed by atoms with Gasteiger partial charge in [-0.05, 0) is 31.4 Å². The molecule has 19 heavy (non-hydrogen) atoms. The predicted molar refractivity (Wildman–Crippen MR) is 77.7 cm³/mol. The highest BCUT2D eigenvalue weighted by atomic mass is 16.5. The highest BCUT2D eigenvalue weighted by Crippen LogP contribution is 2.22. The Morgan fingerprint density at radius 1 is 1.26 bits per heavy atom. The number of benzene rings is 1. The Morgan fingerprint density at radius 2 is 2.00 bits per heavy atom. The molecule has 1 saturated heterocycles. The normalized spacial score (nSPS) is 22.9. The van der Waals surface area contributed by atoms with Gasteiger partial charge in [0.15, 0.2) is 0 Å². The van der Waals surface area contributed by atoms with E-state index in [1.54, 1.807) is 0 Å². The lowest BCUT2D eigenvalue weighted by Crippen LogP contribution is -2.32. The summed E-state index contributed by atoms with van der Waals surface area (Å²) in [5.74, 6) is 0.967. The standard InChI is InChI=1S/C16H25NO2/c1-12(2)17-10-14-8-9-15(19-14)11-18-16-7-5-4-6-13(16)3/h4-7,12,14-15,17H,8-11H2,1-3H3. The van der Waals surface area contributed by atoms with Gasteiger partial charge in [-0.25, -0.2) is 0 Å². The van der Waals surface area contributed by atoms with Crippen LogP contribution in [0.5, 0.6) is 5.75 Å². The second kappa shape index (κ2) is 6.92. The number of para-hydroxylation sites is 1. The van der Waals surface area contributed by atoms with Crippen LogP contribution in [0.2, 0.25) is 0 Å². The van der Waals surface area contributed by atoms with Gasteiger partial charge in [0.05, 0.1) is 12.2 Å². The summed E-state index contributed by atoms with van der Waals surface area (Å²) in [7, 11) is 0. The van der Waals surface area contributed by atoms with E-state index in [4.69, 9.17) is 9.47 Å². The summed E-state index contributed by atoms with van der Waals surface area (Å²) in [5, 5.41) is 3.43. The van der Waals surface area contributed by atoms with Crippen LogP contribution in [0.1, 0.15) is 32.3 Å². The molecule has 3 heteroatoms. The van der Waals surface area contributed by atoms with Crippen LogP contribution in [0.4, 0.5) is 0 Å². The second-order valence-electron chi connectivity index (χ2n) is 5.60. The Labute approximate surface area is 116 Å². The van der Waals surface area contributed by atoms with Crippen molar-refractivity contribution in [2.24, 2.45) is 0 Å². The van der Waals surface area contributed by atoms with Crippen LogP contribution in [0, 0.1) is 6.92 Å². The Balaban J connectivity index is 1.72. The lowest BCUT2D eigenvalue weighted by Gasteiger charge is -2.17. The molecule has 2 unspecified atom stereocenters. The molecule has 3 nitrogen and oxygen atoms in total. The number of aryl methyl sites for hydroxylation is 1. The van der Waals surface area contributed by atoms with Crippen molar-refractivity contribution >= 4 is 0 Å². The third kappa shape index (κ3) is 4.51. The number of ether oxygens (including phenoxy) is 2. The molecule has 1 aromatic carbocycles. The minimum Gasteiger partial charge on any atom is -0.491 e. The summed E-state index contributed by atoms with van der Waals surface area (Å²) in [4.78, 5) is 0. The van der Waals surface area contributed by atoms with Gasteiger partial charge in [-0.15, -0.1) is 0 Å². The Bertz CT molecular complexity index is 392. The van der Waals surface area contributed by atoms with Gasteiger partial charge in [0, 0.05) is 12.6 Å². The van der Waals surface area contributed by atoms with Crippen LogP contribution in [-0.2, 0) is 4.74 Å². The van der Waals surface area contributed by atoms with E-state index < -0.39 is 0 Å².